The first-order valence-corrected chi connectivity index (χ1v) is 6.36. The van der Waals surface area contributed by atoms with E-state index >= 15 is 0 Å². The Morgan fingerprint density at radius 3 is 3.13 bits per heavy atom. The van der Waals surface area contributed by atoms with Crippen molar-refractivity contribution in [2.45, 2.75) is 32.7 Å². The summed E-state index contributed by atoms with van der Waals surface area (Å²) in [6.45, 7) is 5.51. The summed E-state index contributed by atoms with van der Waals surface area (Å²) in [6.07, 6.45) is 3.95. The number of nitrogen functional groups attached to an aromatic ring is 1. The topological polar surface area (TPSA) is 55.0 Å². The number of anilines is 1. The maximum Gasteiger partial charge on any atom is 0.132 e. The fraction of sp³-hybridized carbons (Fsp3) is 0.800. The summed E-state index contributed by atoms with van der Waals surface area (Å²) < 4.78 is 3.87. The standard InChI is InChI=1S/C10H18N4S/c1-2-8-4-3-5-14(6-8)7-9-10(11)15-13-12-9/h8H,2-7,11H2,1H3. The number of aromatic nitrogens is 2. The molecular weight excluding hydrogens is 208 g/mol. The van der Waals surface area contributed by atoms with Crippen molar-refractivity contribution >= 4 is 16.5 Å². The number of hydrogen-bond acceptors (Lipinski definition) is 5. The van der Waals surface area contributed by atoms with Gasteiger partial charge in [-0.2, -0.15) is 0 Å². The quantitative estimate of drug-likeness (QED) is 0.853. The lowest BCUT2D eigenvalue weighted by molar-refractivity contribution is 0.163. The molecule has 1 saturated heterocycles. The Kier molecular flexibility index (Phi) is 3.53. The summed E-state index contributed by atoms with van der Waals surface area (Å²) >= 11 is 1.29. The third-order valence-corrected chi connectivity index (χ3v) is 3.73. The van der Waals surface area contributed by atoms with E-state index in [9.17, 15) is 0 Å². The van der Waals surface area contributed by atoms with E-state index in [1.165, 1.54) is 43.9 Å². The van der Waals surface area contributed by atoms with E-state index in [1.807, 2.05) is 0 Å². The molecule has 84 valence electrons. The molecule has 4 nitrogen and oxygen atoms in total. The molecule has 2 N–H and O–H groups in total. The van der Waals surface area contributed by atoms with E-state index in [-0.39, 0.29) is 0 Å². The predicted octanol–water partition coefficient (Wildman–Crippen LogP) is 1.74. The van der Waals surface area contributed by atoms with Crippen LogP contribution < -0.4 is 5.73 Å². The van der Waals surface area contributed by atoms with Crippen LogP contribution in [0.4, 0.5) is 5.00 Å². The largest absolute Gasteiger partial charge is 0.388 e. The Bertz CT molecular complexity index is 312. The van der Waals surface area contributed by atoms with Crippen molar-refractivity contribution in [2.75, 3.05) is 18.8 Å². The van der Waals surface area contributed by atoms with Gasteiger partial charge >= 0.3 is 0 Å². The van der Waals surface area contributed by atoms with Gasteiger partial charge in [-0.15, -0.1) is 5.10 Å². The van der Waals surface area contributed by atoms with Crippen molar-refractivity contribution < 1.29 is 0 Å². The van der Waals surface area contributed by atoms with Crippen LogP contribution in [0, 0.1) is 5.92 Å². The highest BCUT2D eigenvalue weighted by Crippen LogP contribution is 2.22. The van der Waals surface area contributed by atoms with Crippen LogP contribution in [0.15, 0.2) is 0 Å². The molecule has 5 heteroatoms. The Morgan fingerprint density at radius 1 is 1.60 bits per heavy atom. The SMILES string of the molecule is CCC1CCCN(Cc2nnsc2N)C1. The molecule has 0 radical (unpaired) electrons. The minimum atomic E-state index is 0.772. The molecule has 15 heavy (non-hydrogen) atoms. The van der Waals surface area contributed by atoms with E-state index in [0.717, 1.165) is 23.2 Å². The van der Waals surface area contributed by atoms with Gasteiger partial charge in [-0.25, -0.2) is 0 Å². The second-order valence-electron chi connectivity index (χ2n) is 4.24. The smallest absolute Gasteiger partial charge is 0.132 e. The number of likely N-dealkylation sites (tertiary alicyclic amines) is 1. The number of piperidine rings is 1. The second-order valence-corrected chi connectivity index (χ2v) is 5.02. The lowest BCUT2D eigenvalue weighted by Crippen LogP contribution is -2.34. The molecule has 0 aromatic carbocycles. The fourth-order valence-corrected chi connectivity index (χ4v) is 2.60. The van der Waals surface area contributed by atoms with Gasteiger partial charge in [-0.05, 0) is 25.3 Å². The zero-order valence-electron chi connectivity index (χ0n) is 9.15. The molecule has 2 rings (SSSR count). The van der Waals surface area contributed by atoms with Gasteiger partial charge in [0.2, 0.25) is 0 Å². The molecule has 2 heterocycles. The summed E-state index contributed by atoms with van der Waals surface area (Å²) in [5.74, 6) is 0.853. The van der Waals surface area contributed by atoms with Gasteiger partial charge in [0.15, 0.2) is 0 Å². The normalized spacial score (nSPS) is 23.1. The molecule has 1 aromatic rings. The number of nitrogens with zero attached hydrogens (tertiary/aromatic N) is 3. The molecule has 0 amide bonds. The summed E-state index contributed by atoms with van der Waals surface area (Å²) in [5.41, 5.74) is 6.75. The van der Waals surface area contributed by atoms with Crippen molar-refractivity contribution in [1.29, 1.82) is 0 Å². The van der Waals surface area contributed by atoms with Gasteiger partial charge in [-0.3, -0.25) is 4.90 Å². The Morgan fingerprint density at radius 2 is 2.47 bits per heavy atom. The number of hydrogen-bond donors (Lipinski definition) is 1. The van der Waals surface area contributed by atoms with Crippen LogP contribution in [0.2, 0.25) is 0 Å². The van der Waals surface area contributed by atoms with Gasteiger partial charge in [0.1, 0.15) is 10.7 Å². The average Bonchev–Trinajstić information content (AvgIpc) is 2.65. The summed E-state index contributed by atoms with van der Waals surface area (Å²) in [6, 6.07) is 0. The van der Waals surface area contributed by atoms with Crippen LogP contribution >= 0.6 is 11.5 Å². The summed E-state index contributed by atoms with van der Waals surface area (Å²) in [5, 5.41) is 4.83. The Hall–Kier alpha value is -0.680. The monoisotopic (exact) mass is 226 g/mol. The third-order valence-electron chi connectivity index (χ3n) is 3.14. The van der Waals surface area contributed by atoms with Gasteiger partial charge in [0, 0.05) is 24.6 Å². The second kappa shape index (κ2) is 4.90. The van der Waals surface area contributed by atoms with Crippen molar-refractivity contribution in [3.05, 3.63) is 5.69 Å². The molecule has 0 bridgehead atoms. The third kappa shape index (κ3) is 2.66. The van der Waals surface area contributed by atoms with E-state index in [1.54, 1.807) is 0 Å². The highest BCUT2D eigenvalue weighted by Gasteiger charge is 2.19. The average molecular weight is 226 g/mol. The summed E-state index contributed by atoms with van der Waals surface area (Å²) in [4.78, 5) is 2.45. The number of rotatable bonds is 3. The van der Waals surface area contributed by atoms with Crippen LogP contribution in [-0.2, 0) is 6.54 Å². The van der Waals surface area contributed by atoms with Crippen LogP contribution in [0.1, 0.15) is 31.9 Å². The molecule has 0 saturated carbocycles. The molecule has 1 aliphatic heterocycles. The first-order valence-electron chi connectivity index (χ1n) is 5.58. The fourth-order valence-electron chi connectivity index (χ4n) is 2.17. The van der Waals surface area contributed by atoms with Gasteiger partial charge in [-0.1, -0.05) is 17.8 Å². The minimum Gasteiger partial charge on any atom is -0.388 e. The zero-order chi connectivity index (χ0) is 10.7. The van der Waals surface area contributed by atoms with Crippen molar-refractivity contribution in [1.82, 2.24) is 14.5 Å². The Labute approximate surface area is 94.6 Å². The van der Waals surface area contributed by atoms with Crippen molar-refractivity contribution in [3.8, 4) is 0 Å². The minimum absolute atomic E-state index is 0.772. The Balaban J connectivity index is 1.92. The lowest BCUT2D eigenvalue weighted by atomic mass is 9.95. The summed E-state index contributed by atoms with van der Waals surface area (Å²) in [7, 11) is 0. The molecule has 1 aromatic heterocycles. The van der Waals surface area contributed by atoms with Gasteiger partial charge in [0.25, 0.3) is 0 Å². The molecule has 0 spiro atoms. The zero-order valence-corrected chi connectivity index (χ0v) is 9.96. The first kappa shape index (κ1) is 10.8. The van der Waals surface area contributed by atoms with E-state index in [2.05, 4.69) is 21.4 Å². The van der Waals surface area contributed by atoms with Crippen LogP contribution in [0.5, 0.6) is 0 Å². The maximum atomic E-state index is 5.79. The molecule has 1 fully saturated rings. The van der Waals surface area contributed by atoms with E-state index in [0.29, 0.717) is 0 Å². The predicted molar refractivity (Wildman–Crippen MR) is 62.6 cm³/mol. The molecule has 1 atom stereocenters. The van der Waals surface area contributed by atoms with Crippen LogP contribution in [-0.4, -0.2) is 27.6 Å². The molecule has 0 aliphatic carbocycles. The van der Waals surface area contributed by atoms with E-state index in [4.69, 9.17) is 5.73 Å². The molecular formula is C10H18N4S. The van der Waals surface area contributed by atoms with Crippen molar-refractivity contribution in [3.63, 3.8) is 0 Å². The molecule has 1 unspecified atom stereocenters. The highest BCUT2D eigenvalue weighted by atomic mass is 32.1. The number of nitrogens with two attached hydrogens (primary N) is 1. The van der Waals surface area contributed by atoms with Crippen LogP contribution in [0.25, 0.3) is 0 Å². The van der Waals surface area contributed by atoms with E-state index < -0.39 is 0 Å². The lowest BCUT2D eigenvalue weighted by Gasteiger charge is -2.31. The van der Waals surface area contributed by atoms with Crippen molar-refractivity contribution in [2.24, 2.45) is 5.92 Å². The molecule has 1 aliphatic rings. The van der Waals surface area contributed by atoms with Gasteiger partial charge < -0.3 is 5.73 Å². The van der Waals surface area contributed by atoms with Crippen LogP contribution in [0.3, 0.4) is 0 Å². The van der Waals surface area contributed by atoms with Gasteiger partial charge in [0.05, 0.1) is 0 Å². The maximum absolute atomic E-state index is 5.79. The highest BCUT2D eigenvalue weighted by molar-refractivity contribution is 7.09. The first-order chi connectivity index (χ1) is 7.29.